The normalized spacial score (nSPS) is 17.8. The molecule has 2 atom stereocenters. The zero-order valence-corrected chi connectivity index (χ0v) is 19.0. The third-order valence-corrected chi connectivity index (χ3v) is 5.67. The Hall–Kier alpha value is -3.36. The fourth-order valence-electron chi connectivity index (χ4n) is 3.87. The van der Waals surface area contributed by atoms with Crippen molar-refractivity contribution in [2.45, 2.75) is 32.1 Å². The molecule has 8 nitrogen and oxygen atoms in total. The highest BCUT2D eigenvalue weighted by Gasteiger charge is 2.42. The summed E-state index contributed by atoms with van der Waals surface area (Å²) in [5.74, 6) is -0.365. The summed E-state index contributed by atoms with van der Waals surface area (Å²) in [6, 6.07) is 15.2. The Bertz CT molecular complexity index is 1160. The fourth-order valence-corrected chi connectivity index (χ4v) is 4.05. The minimum Gasteiger partial charge on any atom is -0.459 e. The number of aromatic nitrogens is 2. The van der Waals surface area contributed by atoms with Crippen molar-refractivity contribution < 1.29 is 24.2 Å². The van der Waals surface area contributed by atoms with Gasteiger partial charge in [0.15, 0.2) is 0 Å². The number of rotatable bonds is 6. The van der Waals surface area contributed by atoms with Crippen LogP contribution in [-0.4, -0.2) is 50.4 Å². The molecule has 0 saturated carbocycles. The maximum absolute atomic E-state index is 13.5. The van der Waals surface area contributed by atoms with Crippen LogP contribution in [0.25, 0.3) is 0 Å². The summed E-state index contributed by atoms with van der Waals surface area (Å²) >= 11 is 6.05. The Kier molecular flexibility index (Phi) is 6.67. The number of esters is 1. The first kappa shape index (κ1) is 22.8. The summed E-state index contributed by atoms with van der Waals surface area (Å²) in [6.45, 7) is 1.78. The van der Waals surface area contributed by atoms with Gasteiger partial charge in [-0.25, -0.2) is 9.48 Å². The van der Waals surface area contributed by atoms with Crippen LogP contribution in [-0.2, 0) is 23.2 Å². The van der Waals surface area contributed by atoms with Crippen molar-refractivity contribution in [1.29, 1.82) is 0 Å². The molecule has 172 valence electrons. The lowest BCUT2D eigenvalue weighted by atomic mass is 10.1. The lowest BCUT2D eigenvalue weighted by molar-refractivity contribution is -0.149. The third-order valence-electron chi connectivity index (χ3n) is 5.43. The van der Waals surface area contributed by atoms with Gasteiger partial charge in [-0.15, -0.1) is 0 Å². The molecular formula is C24H24ClN3O5. The van der Waals surface area contributed by atoms with Crippen molar-refractivity contribution in [3.63, 3.8) is 0 Å². The monoisotopic (exact) mass is 469 g/mol. The zero-order chi connectivity index (χ0) is 23.5. The van der Waals surface area contributed by atoms with Gasteiger partial charge in [0.1, 0.15) is 24.0 Å². The molecule has 9 heteroatoms. The molecule has 0 radical (unpaired) electrons. The van der Waals surface area contributed by atoms with Crippen LogP contribution in [0, 0.1) is 6.92 Å². The van der Waals surface area contributed by atoms with Gasteiger partial charge in [-0.2, -0.15) is 5.10 Å². The van der Waals surface area contributed by atoms with E-state index in [1.807, 2.05) is 30.3 Å². The van der Waals surface area contributed by atoms with E-state index in [0.29, 0.717) is 16.5 Å². The summed E-state index contributed by atoms with van der Waals surface area (Å²) in [4.78, 5) is 27.7. The highest BCUT2D eigenvalue weighted by atomic mass is 35.5. The molecule has 3 aromatic rings. The van der Waals surface area contributed by atoms with Crippen molar-refractivity contribution in [1.82, 2.24) is 14.7 Å². The lowest BCUT2D eigenvalue weighted by Gasteiger charge is -2.23. The molecule has 33 heavy (non-hydrogen) atoms. The number of halogens is 1. The number of β-amino-alcohol motifs (C(OH)–C–C–N with tert-alkyl or cyclic N) is 1. The van der Waals surface area contributed by atoms with Crippen LogP contribution >= 0.6 is 11.6 Å². The first-order chi connectivity index (χ1) is 15.8. The van der Waals surface area contributed by atoms with Crippen LogP contribution in [0.1, 0.15) is 28.0 Å². The Morgan fingerprint density at radius 3 is 2.67 bits per heavy atom. The molecule has 2 aromatic carbocycles. The average molecular weight is 470 g/mol. The van der Waals surface area contributed by atoms with Crippen LogP contribution in [0.15, 0.2) is 54.6 Å². The van der Waals surface area contributed by atoms with Gasteiger partial charge in [0.05, 0.1) is 11.8 Å². The maximum atomic E-state index is 13.5. The van der Waals surface area contributed by atoms with Crippen LogP contribution in [0.2, 0.25) is 5.02 Å². The topological polar surface area (TPSA) is 93.9 Å². The predicted octanol–water partition coefficient (Wildman–Crippen LogP) is 3.49. The van der Waals surface area contributed by atoms with E-state index in [4.69, 9.17) is 21.1 Å². The maximum Gasteiger partial charge on any atom is 0.329 e. The molecule has 0 unspecified atom stereocenters. The number of amides is 1. The summed E-state index contributed by atoms with van der Waals surface area (Å²) < 4.78 is 12.8. The van der Waals surface area contributed by atoms with Gasteiger partial charge >= 0.3 is 5.97 Å². The van der Waals surface area contributed by atoms with Crippen molar-refractivity contribution in [3.8, 4) is 11.6 Å². The fraction of sp³-hybridized carbons (Fsp3) is 0.292. The van der Waals surface area contributed by atoms with Gasteiger partial charge in [0.25, 0.3) is 5.91 Å². The van der Waals surface area contributed by atoms with E-state index < -0.39 is 24.0 Å². The number of likely N-dealkylation sites (tertiary alicyclic amines) is 1. The first-order valence-corrected chi connectivity index (χ1v) is 10.9. The Labute approximate surface area is 196 Å². The molecule has 2 heterocycles. The van der Waals surface area contributed by atoms with Gasteiger partial charge < -0.3 is 19.5 Å². The second-order valence-corrected chi connectivity index (χ2v) is 8.34. The van der Waals surface area contributed by atoms with Gasteiger partial charge in [0.2, 0.25) is 5.88 Å². The predicted molar refractivity (Wildman–Crippen MR) is 121 cm³/mol. The number of hydrogen-bond donors (Lipinski definition) is 1. The number of hydrogen-bond acceptors (Lipinski definition) is 6. The van der Waals surface area contributed by atoms with Crippen LogP contribution in [0.5, 0.6) is 11.6 Å². The summed E-state index contributed by atoms with van der Waals surface area (Å²) in [5, 5.41) is 15.0. The molecule has 1 saturated heterocycles. The number of carbonyl (C=O) groups is 2. The number of benzene rings is 2. The van der Waals surface area contributed by atoms with E-state index in [2.05, 4.69) is 5.10 Å². The van der Waals surface area contributed by atoms with Crippen molar-refractivity contribution in [2.75, 3.05) is 6.54 Å². The van der Waals surface area contributed by atoms with Crippen LogP contribution < -0.4 is 4.74 Å². The standard InChI is InChI=1S/C24H24ClN3O5/c1-15-21(23(27(2)26-15)33-19-10-6-9-17(25)11-19)22(30)28-13-18(29)12-20(28)24(31)32-14-16-7-4-3-5-8-16/h3-11,18,20,29H,12-14H2,1-2H3/t18-,20+/m1/s1. The molecule has 1 N–H and O–H groups in total. The second kappa shape index (κ2) is 9.64. The summed E-state index contributed by atoms with van der Waals surface area (Å²) in [5.41, 5.74) is 1.49. The number of ether oxygens (including phenoxy) is 2. The number of aryl methyl sites for hydroxylation is 2. The zero-order valence-electron chi connectivity index (χ0n) is 18.3. The molecule has 1 fully saturated rings. The molecule has 1 aliphatic rings. The van der Waals surface area contributed by atoms with Gasteiger partial charge in [-0.1, -0.05) is 48.0 Å². The molecule has 4 rings (SSSR count). The van der Waals surface area contributed by atoms with E-state index >= 15 is 0 Å². The SMILES string of the molecule is Cc1nn(C)c(Oc2cccc(Cl)c2)c1C(=O)N1C[C@H](O)C[C@H]1C(=O)OCc1ccccc1. The minimum atomic E-state index is -0.908. The number of carbonyl (C=O) groups excluding carboxylic acids is 2. The van der Waals surface area contributed by atoms with E-state index in [1.165, 1.54) is 9.58 Å². The van der Waals surface area contributed by atoms with E-state index in [-0.39, 0.29) is 31.0 Å². The molecular weight excluding hydrogens is 446 g/mol. The quantitative estimate of drug-likeness (QED) is 0.555. The molecule has 0 aliphatic carbocycles. The molecule has 1 aromatic heterocycles. The molecule has 1 aliphatic heterocycles. The van der Waals surface area contributed by atoms with Crippen molar-refractivity contribution in [2.24, 2.45) is 7.05 Å². The largest absolute Gasteiger partial charge is 0.459 e. The van der Waals surface area contributed by atoms with E-state index in [9.17, 15) is 14.7 Å². The highest BCUT2D eigenvalue weighted by Crippen LogP contribution is 2.32. The van der Waals surface area contributed by atoms with Crippen molar-refractivity contribution in [3.05, 3.63) is 76.4 Å². The Balaban J connectivity index is 1.56. The van der Waals surface area contributed by atoms with Gasteiger partial charge in [-0.05, 0) is 30.7 Å². The van der Waals surface area contributed by atoms with Gasteiger partial charge in [0, 0.05) is 25.0 Å². The smallest absolute Gasteiger partial charge is 0.329 e. The van der Waals surface area contributed by atoms with Gasteiger partial charge in [-0.3, -0.25) is 4.79 Å². The lowest BCUT2D eigenvalue weighted by Crippen LogP contribution is -2.41. The number of aliphatic hydroxyl groups is 1. The van der Waals surface area contributed by atoms with Crippen LogP contribution in [0.3, 0.4) is 0 Å². The number of nitrogens with zero attached hydrogens (tertiary/aromatic N) is 3. The van der Waals surface area contributed by atoms with E-state index in [0.717, 1.165) is 5.56 Å². The summed E-state index contributed by atoms with van der Waals surface area (Å²) in [6.07, 6.45) is -0.735. The second-order valence-electron chi connectivity index (χ2n) is 7.90. The molecule has 0 spiro atoms. The first-order valence-electron chi connectivity index (χ1n) is 10.5. The molecule has 0 bridgehead atoms. The van der Waals surface area contributed by atoms with E-state index in [1.54, 1.807) is 38.2 Å². The average Bonchev–Trinajstić information content (AvgIpc) is 3.31. The number of aliphatic hydroxyl groups excluding tert-OH is 1. The minimum absolute atomic E-state index is 0.00881. The highest BCUT2D eigenvalue weighted by molar-refractivity contribution is 6.30. The third kappa shape index (κ3) is 5.02. The Morgan fingerprint density at radius 1 is 1.18 bits per heavy atom. The molecule has 1 amide bonds. The van der Waals surface area contributed by atoms with Crippen molar-refractivity contribution >= 4 is 23.5 Å². The summed E-state index contributed by atoms with van der Waals surface area (Å²) in [7, 11) is 1.66. The van der Waals surface area contributed by atoms with Crippen LogP contribution in [0.4, 0.5) is 0 Å². The Morgan fingerprint density at radius 2 is 1.94 bits per heavy atom.